The highest BCUT2D eigenvalue weighted by atomic mass is 32.2. The first-order valence-corrected chi connectivity index (χ1v) is 9.52. The number of thioether (sulfide) groups is 1. The van der Waals surface area contributed by atoms with Gasteiger partial charge in [-0.05, 0) is 48.2 Å². The third-order valence-corrected chi connectivity index (χ3v) is 5.19. The van der Waals surface area contributed by atoms with Gasteiger partial charge in [-0.15, -0.1) is 0 Å². The quantitative estimate of drug-likeness (QED) is 0.663. The van der Waals surface area contributed by atoms with Gasteiger partial charge in [0, 0.05) is 42.3 Å². The lowest BCUT2D eigenvalue weighted by molar-refractivity contribution is -0.115. The Morgan fingerprint density at radius 2 is 1.93 bits per heavy atom. The van der Waals surface area contributed by atoms with E-state index in [2.05, 4.69) is 21.7 Å². The first-order valence-electron chi connectivity index (χ1n) is 8.71. The summed E-state index contributed by atoms with van der Waals surface area (Å²) < 4.78 is 2.05. The second-order valence-electron chi connectivity index (χ2n) is 6.42. The predicted octanol–water partition coefficient (Wildman–Crippen LogP) is 4.03. The Morgan fingerprint density at radius 3 is 2.68 bits per heavy atom. The van der Waals surface area contributed by atoms with E-state index < -0.39 is 0 Å². The number of carbonyl (C=O) groups excluding carboxylic acids is 2. The molecule has 4 rings (SSSR count). The maximum atomic E-state index is 12.4. The van der Waals surface area contributed by atoms with Gasteiger partial charge < -0.3 is 15.2 Å². The number of aliphatic imine (C=N–C) groups is 1. The van der Waals surface area contributed by atoms with E-state index in [4.69, 9.17) is 0 Å². The van der Waals surface area contributed by atoms with Crippen molar-refractivity contribution in [2.45, 2.75) is 6.92 Å². The number of aromatic nitrogens is 1. The summed E-state index contributed by atoms with van der Waals surface area (Å²) in [6.07, 6.45) is 3.91. The van der Waals surface area contributed by atoms with Crippen LogP contribution in [0.4, 0.5) is 11.4 Å². The zero-order chi connectivity index (χ0) is 19.7. The summed E-state index contributed by atoms with van der Waals surface area (Å²) >= 11 is 1.31. The zero-order valence-corrected chi connectivity index (χ0v) is 16.2. The van der Waals surface area contributed by atoms with E-state index >= 15 is 0 Å². The summed E-state index contributed by atoms with van der Waals surface area (Å²) in [4.78, 5) is 28.5. The summed E-state index contributed by atoms with van der Waals surface area (Å²) in [5.74, 6) is -0.285. The number of hydrogen-bond acceptors (Lipinski definition) is 4. The first-order chi connectivity index (χ1) is 13.5. The number of nitrogens with one attached hydrogen (secondary N) is 2. The van der Waals surface area contributed by atoms with E-state index in [1.54, 1.807) is 24.3 Å². The molecular weight excluding hydrogens is 372 g/mol. The lowest BCUT2D eigenvalue weighted by atomic mass is 10.1. The zero-order valence-electron chi connectivity index (χ0n) is 15.4. The average molecular weight is 390 g/mol. The third-order valence-electron chi connectivity index (χ3n) is 4.28. The molecule has 3 aromatic rings. The van der Waals surface area contributed by atoms with Crippen molar-refractivity contribution in [3.8, 4) is 0 Å². The average Bonchev–Trinajstić information content (AvgIpc) is 3.17. The molecule has 0 spiro atoms. The van der Waals surface area contributed by atoms with Gasteiger partial charge >= 0.3 is 0 Å². The van der Waals surface area contributed by atoms with Crippen molar-refractivity contribution >= 4 is 57.1 Å². The van der Waals surface area contributed by atoms with Gasteiger partial charge in [0.05, 0.1) is 10.6 Å². The molecule has 0 unspecified atom stereocenters. The van der Waals surface area contributed by atoms with Crippen molar-refractivity contribution in [2.24, 2.45) is 12.0 Å². The molecule has 28 heavy (non-hydrogen) atoms. The Bertz CT molecular complexity index is 1140. The van der Waals surface area contributed by atoms with Crippen LogP contribution in [0.25, 0.3) is 17.0 Å². The van der Waals surface area contributed by atoms with Crippen LogP contribution in [0, 0.1) is 0 Å². The van der Waals surface area contributed by atoms with Gasteiger partial charge in [0.15, 0.2) is 5.17 Å². The topological polar surface area (TPSA) is 75.5 Å². The van der Waals surface area contributed by atoms with Crippen LogP contribution >= 0.6 is 11.8 Å². The number of para-hydroxylation sites is 1. The van der Waals surface area contributed by atoms with Crippen molar-refractivity contribution in [1.29, 1.82) is 0 Å². The van der Waals surface area contributed by atoms with Crippen molar-refractivity contribution in [2.75, 3.05) is 5.32 Å². The van der Waals surface area contributed by atoms with E-state index in [0.29, 0.717) is 21.4 Å². The molecule has 140 valence electrons. The molecule has 0 radical (unpaired) electrons. The van der Waals surface area contributed by atoms with Crippen LogP contribution < -0.4 is 10.6 Å². The molecule has 1 fully saturated rings. The first kappa shape index (κ1) is 18.1. The number of rotatable bonds is 3. The molecule has 0 atom stereocenters. The Kier molecular flexibility index (Phi) is 4.75. The number of fused-ring (bicyclic) bond motifs is 1. The largest absolute Gasteiger partial charge is 0.350 e. The molecule has 0 bridgehead atoms. The Morgan fingerprint density at radius 1 is 1.18 bits per heavy atom. The highest BCUT2D eigenvalue weighted by molar-refractivity contribution is 8.18. The maximum absolute atomic E-state index is 12.4. The van der Waals surface area contributed by atoms with Crippen molar-refractivity contribution in [3.05, 3.63) is 65.2 Å². The van der Waals surface area contributed by atoms with Crippen LogP contribution in [0.2, 0.25) is 0 Å². The Hall–Kier alpha value is -3.32. The number of benzene rings is 2. The van der Waals surface area contributed by atoms with Gasteiger partial charge in [0.2, 0.25) is 5.91 Å². The van der Waals surface area contributed by atoms with Gasteiger partial charge in [-0.25, -0.2) is 4.99 Å². The summed E-state index contributed by atoms with van der Waals surface area (Å²) in [5.41, 5.74) is 3.52. The molecule has 0 saturated carbocycles. The van der Waals surface area contributed by atoms with Crippen molar-refractivity contribution in [1.82, 2.24) is 9.88 Å². The van der Waals surface area contributed by atoms with E-state index in [1.807, 2.05) is 42.1 Å². The highest BCUT2D eigenvalue weighted by Gasteiger charge is 2.24. The van der Waals surface area contributed by atoms with Gasteiger partial charge in [0.25, 0.3) is 5.91 Å². The van der Waals surface area contributed by atoms with Crippen molar-refractivity contribution in [3.63, 3.8) is 0 Å². The fraction of sp³-hybridized carbons (Fsp3) is 0.0952. The maximum Gasteiger partial charge on any atom is 0.264 e. The molecule has 2 N–H and O–H groups in total. The number of nitrogens with zero attached hydrogens (tertiary/aromatic N) is 2. The lowest BCUT2D eigenvalue weighted by Gasteiger charge is -2.02. The summed E-state index contributed by atoms with van der Waals surface area (Å²) in [5, 5.41) is 7.15. The minimum absolute atomic E-state index is 0.124. The van der Waals surface area contributed by atoms with Crippen LogP contribution in [-0.2, 0) is 16.6 Å². The SMILES string of the molecule is CC(=O)Nc1ccc(N=C2NC(=O)C(=Cc3cn(C)c4ccccc34)S2)cc1. The molecule has 2 heterocycles. The van der Waals surface area contributed by atoms with Crippen LogP contribution in [0.1, 0.15) is 12.5 Å². The molecule has 7 heteroatoms. The van der Waals surface area contributed by atoms with Gasteiger partial charge in [-0.2, -0.15) is 0 Å². The summed E-state index contributed by atoms with van der Waals surface area (Å²) in [6.45, 7) is 1.46. The number of amidine groups is 1. The fourth-order valence-electron chi connectivity index (χ4n) is 3.05. The van der Waals surface area contributed by atoms with Crippen LogP contribution in [0.3, 0.4) is 0 Å². The van der Waals surface area contributed by atoms with E-state index in [1.165, 1.54) is 18.7 Å². The third kappa shape index (κ3) is 3.70. The summed E-state index contributed by atoms with van der Waals surface area (Å²) in [7, 11) is 1.99. The molecule has 2 aromatic carbocycles. The van der Waals surface area contributed by atoms with Crippen LogP contribution in [-0.4, -0.2) is 21.5 Å². The Labute approximate surface area is 166 Å². The minimum Gasteiger partial charge on any atom is -0.350 e. The molecule has 1 aliphatic rings. The fourth-order valence-corrected chi connectivity index (χ4v) is 3.88. The molecule has 1 aromatic heterocycles. The summed E-state index contributed by atoms with van der Waals surface area (Å²) in [6, 6.07) is 15.2. The van der Waals surface area contributed by atoms with Gasteiger partial charge in [-0.3, -0.25) is 9.59 Å². The smallest absolute Gasteiger partial charge is 0.264 e. The number of anilines is 1. The molecule has 1 saturated heterocycles. The molecule has 1 aliphatic heterocycles. The monoisotopic (exact) mass is 390 g/mol. The highest BCUT2D eigenvalue weighted by Crippen LogP contribution is 2.31. The van der Waals surface area contributed by atoms with Crippen molar-refractivity contribution < 1.29 is 9.59 Å². The Balaban J connectivity index is 1.57. The second-order valence-corrected chi connectivity index (χ2v) is 7.45. The number of amides is 2. The number of aryl methyl sites for hydroxylation is 1. The predicted molar refractivity (Wildman–Crippen MR) is 114 cm³/mol. The van der Waals surface area contributed by atoms with Crippen LogP contribution in [0.15, 0.2) is 64.6 Å². The number of carbonyl (C=O) groups is 2. The van der Waals surface area contributed by atoms with Crippen LogP contribution in [0.5, 0.6) is 0 Å². The minimum atomic E-state index is -0.161. The normalized spacial score (nSPS) is 16.7. The van der Waals surface area contributed by atoms with E-state index in [0.717, 1.165) is 16.5 Å². The molecule has 0 aliphatic carbocycles. The molecule has 6 nitrogen and oxygen atoms in total. The van der Waals surface area contributed by atoms with Gasteiger partial charge in [-0.1, -0.05) is 18.2 Å². The van der Waals surface area contributed by atoms with E-state index in [-0.39, 0.29) is 11.8 Å². The van der Waals surface area contributed by atoms with E-state index in [9.17, 15) is 9.59 Å². The molecular formula is C21H18N4O2S. The lowest BCUT2D eigenvalue weighted by Crippen LogP contribution is -2.19. The second kappa shape index (κ2) is 7.36. The standard InChI is InChI=1S/C21H18N4O2S/c1-13(26)22-15-7-9-16(10-8-15)23-21-24-20(27)19(28-21)11-14-12-25(2)18-6-4-3-5-17(14)18/h3-12H,1-2H3,(H,22,26)(H,23,24,27). The van der Waals surface area contributed by atoms with Gasteiger partial charge in [0.1, 0.15) is 0 Å². The molecule has 2 amide bonds. The number of hydrogen-bond donors (Lipinski definition) is 2.